The van der Waals surface area contributed by atoms with Gasteiger partial charge in [0.05, 0.1) is 5.39 Å². The highest BCUT2D eigenvalue weighted by Gasteiger charge is 2.24. The molecule has 0 aliphatic heterocycles. The summed E-state index contributed by atoms with van der Waals surface area (Å²) in [7, 11) is 0. The number of aromatic amines is 1. The topological polar surface area (TPSA) is 72.0 Å². The van der Waals surface area contributed by atoms with Gasteiger partial charge < -0.3 is 9.72 Å². The number of nitrogens with one attached hydrogen (secondary N) is 1. The number of hydrogen-bond donors (Lipinski definition) is 1. The molecule has 0 unspecified atom stereocenters. The van der Waals surface area contributed by atoms with Gasteiger partial charge in [0.25, 0.3) is 5.56 Å². The van der Waals surface area contributed by atoms with Crippen LogP contribution in [-0.2, 0) is 22.4 Å². The Morgan fingerprint density at radius 2 is 2.28 bits per heavy atom. The van der Waals surface area contributed by atoms with Crippen LogP contribution in [0.2, 0.25) is 0 Å². The van der Waals surface area contributed by atoms with Gasteiger partial charge in [-0.2, -0.15) is 0 Å². The number of carbonyl (C=O) groups excluding carboxylic acids is 1. The Balaban J connectivity index is 1.53. The number of aryl methyl sites for hydroxylation is 1. The third-order valence-electron chi connectivity index (χ3n) is 5.12. The molecule has 1 aliphatic rings. The zero-order valence-corrected chi connectivity index (χ0v) is 17.0. The Morgan fingerprint density at radius 1 is 1.45 bits per heavy atom. The van der Waals surface area contributed by atoms with Gasteiger partial charge in [0.15, 0.2) is 11.9 Å². The molecule has 0 fully saturated rings. The largest absolute Gasteiger partial charge is 0.451 e. The predicted octanol–water partition coefficient (Wildman–Crippen LogP) is 4.57. The molecular formula is C22H21FN2O3S. The summed E-state index contributed by atoms with van der Waals surface area (Å²) in [4.78, 5) is 34.0. The number of H-pyrrole nitrogens is 1. The Kier molecular flexibility index (Phi) is 5.32. The van der Waals surface area contributed by atoms with Crippen molar-refractivity contribution in [3.05, 3.63) is 68.3 Å². The van der Waals surface area contributed by atoms with Crippen molar-refractivity contribution >= 4 is 33.6 Å². The van der Waals surface area contributed by atoms with Crippen LogP contribution in [0.4, 0.5) is 4.39 Å². The monoisotopic (exact) mass is 412 g/mol. The van der Waals surface area contributed by atoms with Crippen molar-refractivity contribution in [2.75, 3.05) is 0 Å². The van der Waals surface area contributed by atoms with Crippen molar-refractivity contribution in [1.29, 1.82) is 0 Å². The first kappa shape index (κ1) is 19.5. The fourth-order valence-electron chi connectivity index (χ4n) is 3.60. The van der Waals surface area contributed by atoms with E-state index in [1.165, 1.54) is 29.2 Å². The van der Waals surface area contributed by atoms with Crippen molar-refractivity contribution in [2.45, 2.75) is 39.2 Å². The molecule has 0 saturated carbocycles. The predicted molar refractivity (Wildman–Crippen MR) is 111 cm³/mol. The molecule has 2 heterocycles. The number of hydrogen-bond acceptors (Lipinski definition) is 5. The lowest BCUT2D eigenvalue weighted by Crippen LogP contribution is -2.17. The van der Waals surface area contributed by atoms with E-state index < -0.39 is 12.1 Å². The van der Waals surface area contributed by atoms with Crippen LogP contribution >= 0.6 is 11.3 Å². The number of thiophene rings is 1. The van der Waals surface area contributed by atoms with Gasteiger partial charge in [0.2, 0.25) is 0 Å². The summed E-state index contributed by atoms with van der Waals surface area (Å²) < 4.78 is 18.6. The van der Waals surface area contributed by atoms with Gasteiger partial charge in [-0.3, -0.25) is 4.79 Å². The maximum absolute atomic E-state index is 13.2. The van der Waals surface area contributed by atoms with E-state index in [1.54, 1.807) is 30.4 Å². The second-order valence-corrected chi connectivity index (χ2v) is 8.53. The summed E-state index contributed by atoms with van der Waals surface area (Å²) in [5.41, 5.74) is 1.49. The first-order valence-electron chi connectivity index (χ1n) is 9.59. The van der Waals surface area contributed by atoms with Crippen molar-refractivity contribution < 1.29 is 13.9 Å². The van der Waals surface area contributed by atoms with Gasteiger partial charge in [0.1, 0.15) is 10.6 Å². The zero-order chi connectivity index (χ0) is 20.5. The molecule has 0 radical (unpaired) electrons. The Bertz CT molecular complexity index is 1160. The van der Waals surface area contributed by atoms with E-state index in [-0.39, 0.29) is 11.4 Å². The second-order valence-electron chi connectivity index (χ2n) is 7.45. The maximum atomic E-state index is 13.2. The Hall–Kier alpha value is -2.80. The van der Waals surface area contributed by atoms with E-state index in [2.05, 4.69) is 16.9 Å². The summed E-state index contributed by atoms with van der Waals surface area (Å²) in [5.74, 6) is -0.0404. The summed E-state index contributed by atoms with van der Waals surface area (Å²) >= 11 is 1.56. The van der Waals surface area contributed by atoms with Crippen LogP contribution in [0.15, 0.2) is 35.1 Å². The normalized spacial score (nSPS) is 17.4. The lowest BCUT2D eigenvalue weighted by Gasteiger charge is -2.17. The molecule has 150 valence electrons. The molecule has 5 nitrogen and oxygen atoms in total. The highest BCUT2D eigenvalue weighted by Crippen LogP contribution is 2.35. The number of esters is 1. The number of halogens is 1. The molecule has 2 atom stereocenters. The molecule has 7 heteroatoms. The summed E-state index contributed by atoms with van der Waals surface area (Å²) in [6.45, 7) is 3.88. The number of aromatic nitrogens is 2. The average molecular weight is 412 g/mol. The minimum Gasteiger partial charge on any atom is -0.451 e. The average Bonchev–Trinajstić information content (AvgIpc) is 3.04. The molecule has 1 aromatic carbocycles. The third kappa shape index (κ3) is 4.15. The van der Waals surface area contributed by atoms with Crippen molar-refractivity contribution in [1.82, 2.24) is 9.97 Å². The van der Waals surface area contributed by atoms with Gasteiger partial charge in [-0.25, -0.2) is 14.2 Å². The molecule has 1 aliphatic carbocycles. The smallest absolute Gasteiger partial charge is 0.331 e. The van der Waals surface area contributed by atoms with Crippen LogP contribution in [-0.4, -0.2) is 15.9 Å². The lowest BCUT2D eigenvalue weighted by atomic mass is 9.89. The van der Waals surface area contributed by atoms with Crippen LogP contribution in [0.5, 0.6) is 0 Å². The zero-order valence-electron chi connectivity index (χ0n) is 16.2. The van der Waals surface area contributed by atoms with Gasteiger partial charge in [-0.05, 0) is 61.4 Å². The maximum Gasteiger partial charge on any atom is 0.331 e. The van der Waals surface area contributed by atoms with Crippen LogP contribution in [0.1, 0.15) is 48.2 Å². The van der Waals surface area contributed by atoms with E-state index in [4.69, 9.17) is 4.74 Å². The fourth-order valence-corrected chi connectivity index (χ4v) is 4.99. The summed E-state index contributed by atoms with van der Waals surface area (Å²) in [6.07, 6.45) is 4.94. The molecular weight excluding hydrogens is 391 g/mol. The molecule has 0 bridgehead atoms. The quantitative estimate of drug-likeness (QED) is 0.503. The SMILES string of the molecule is C[C@@H]1CCc2c(sc3nc([C@@H](C)OC(=O)/C=C/c4cccc(F)c4)[nH]c(=O)c23)C1. The summed E-state index contributed by atoms with van der Waals surface area (Å²) in [6, 6.07) is 5.90. The van der Waals surface area contributed by atoms with Gasteiger partial charge >= 0.3 is 5.97 Å². The van der Waals surface area contributed by atoms with E-state index in [9.17, 15) is 14.0 Å². The van der Waals surface area contributed by atoms with E-state index in [0.717, 1.165) is 24.8 Å². The molecule has 0 spiro atoms. The molecule has 2 aromatic heterocycles. The number of nitrogens with zero attached hydrogens (tertiary/aromatic N) is 1. The highest BCUT2D eigenvalue weighted by atomic mass is 32.1. The molecule has 1 N–H and O–H groups in total. The van der Waals surface area contributed by atoms with E-state index in [1.807, 2.05) is 0 Å². The standard InChI is InChI=1S/C22H21FN2O3S/c1-12-6-8-16-17(10-12)29-22-19(16)21(27)24-20(25-22)13(2)28-18(26)9-7-14-4-3-5-15(23)11-14/h3-5,7,9,11-13H,6,8,10H2,1-2H3,(H,24,25,27)/b9-7+/t12-,13-/m1/s1. The first-order chi connectivity index (χ1) is 13.9. The van der Waals surface area contributed by atoms with Crippen LogP contribution in [0, 0.1) is 11.7 Å². The Labute approximate surface area is 171 Å². The first-order valence-corrected chi connectivity index (χ1v) is 10.4. The van der Waals surface area contributed by atoms with E-state index in [0.29, 0.717) is 27.5 Å². The number of rotatable bonds is 4. The molecule has 0 saturated heterocycles. The second kappa shape index (κ2) is 7.91. The van der Waals surface area contributed by atoms with Crippen LogP contribution in [0.3, 0.4) is 0 Å². The number of carbonyl (C=O) groups is 1. The minimum atomic E-state index is -0.713. The van der Waals surface area contributed by atoms with Gasteiger partial charge in [-0.15, -0.1) is 11.3 Å². The summed E-state index contributed by atoms with van der Waals surface area (Å²) in [5, 5.41) is 0.671. The molecule has 29 heavy (non-hydrogen) atoms. The fraction of sp³-hybridized carbons (Fsp3) is 0.318. The number of benzene rings is 1. The van der Waals surface area contributed by atoms with Crippen molar-refractivity contribution in [3.63, 3.8) is 0 Å². The third-order valence-corrected chi connectivity index (χ3v) is 6.27. The van der Waals surface area contributed by atoms with Gasteiger partial charge in [0, 0.05) is 11.0 Å². The molecule has 4 rings (SSSR count). The molecule has 0 amide bonds. The van der Waals surface area contributed by atoms with Crippen molar-refractivity contribution in [3.8, 4) is 0 Å². The molecule has 3 aromatic rings. The minimum absolute atomic E-state index is 0.185. The van der Waals surface area contributed by atoms with Crippen LogP contribution in [0.25, 0.3) is 16.3 Å². The lowest BCUT2D eigenvalue weighted by molar-refractivity contribution is -0.142. The number of fused-ring (bicyclic) bond motifs is 3. The van der Waals surface area contributed by atoms with Crippen molar-refractivity contribution in [2.24, 2.45) is 5.92 Å². The highest BCUT2D eigenvalue weighted by molar-refractivity contribution is 7.18. The van der Waals surface area contributed by atoms with Crippen LogP contribution < -0.4 is 5.56 Å². The number of ether oxygens (including phenoxy) is 1. The Morgan fingerprint density at radius 3 is 3.07 bits per heavy atom. The van der Waals surface area contributed by atoms with E-state index >= 15 is 0 Å². The van der Waals surface area contributed by atoms with Gasteiger partial charge in [-0.1, -0.05) is 19.1 Å².